The maximum absolute atomic E-state index is 12.1. The predicted molar refractivity (Wildman–Crippen MR) is 88.8 cm³/mol. The number of hydrogen-bond acceptors (Lipinski definition) is 4. The van der Waals surface area contributed by atoms with Gasteiger partial charge in [-0.15, -0.1) is 0 Å². The minimum atomic E-state index is -0.589. The largest absolute Gasteiger partial charge is 0.494 e. The van der Waals surface area contributed by atoms with E-state index in [1.54, 1.807) is 4.90 Å². The van der Waals surface area contributed by atoms with Crippen molar-refractivity contribution in [3.8, 4) is 5.75 Å². The third-order valence-corrected chi connectivity index (χ3v) is 3.85. The number of carbonyl (C=O) groups excluding carboxylic acids is 1. The molecule has 0 spiro atoms. The molecule has 1 aromatic carbocycles. The van der Waals surface area contributed by atoms with Gasteiger partial charge < -0.3 is 19.5 Å². The van der Waals surface area contributed by atoms with Crippen LogP contribution in [0, 0.1) is 0 Å². The summed E-state index contributed by atoms with van der Waals surface area (Å²) in [5, 5.41) is 10.4. The van der Waals surface area contributed by atoms with E-state index < -0.39 is 11.7 Å². The van der Waals surface area contributed by atoms with E-state index in [-0.39, 0.29) is 12.0 Å². The predicted octanol–water partition coefficient (Wildman–Crippen LogP) is 3.17. The van der Waals surface area contributed by atoms with Gasteiger partial charge in [0.05, 0.1) is 19.3 Å². The fourth-order valence-electron chi connectivity index (χ4n) is 2.79. The number of rotatable bonds is 3. The molecule has 0 unspecified atom stereocenters. The van der Waals surface area contributed by atoms with Crippen molar-refractivity contribution >= 4 is 6.09 Å². The number of nitrogens with zero attached hydrogens (tertiary/aromatic N) is 1. The van der Waals surface area contributed by atoms with Gasteiger partial charge in [-0.3, -0.25) is 0 Å². The van der Waals surface area contributed by atoms with Crippen LogP contribution in [-0.4, -0.2) is 47.5 Å². The highest BCUT2D eigenvalue weighted by Gasteiger charge is 2.33. The smallest absolute Gasteiger partial charge is 0.410 e. The van der Waals surface area contributed by atoms with E-state index in [0.29, 0.717) is 26.1 Å². The molecule has 0 aliphatic carbocycles. The first-order valence-electron chi connectivity index (χ1n) is 8.19. The summed E-state index contributed by atoms with van der Waals surface area (Å²) < 4.78 is 10.8. The Labute approximate surface area is 138 Å². The van der Waals surface area contributed by atoms with Crippen LogP contribution < -0.4 is 4.74 Å². The lowest BCUT2D eigenvalue weighted by Gasteiger charge is -2.36. The Bertz CT molecular complexity index is 521. The lowest BCUT2D eigenvalue weighted by atomic mass is 9.87. The second-order valence-electron chi connectivity index (χ2n) is 6.89. The molecule has 0 aromatic heterocycles. The van der Waals surface area contributed by atoms with Crippen molar-refractivity contribution in [2.24, 2.45) is 0 Å². The molecule has 1 amide bonds. The molecule has 0 radical (unpaired) electrons. The molecule has 1 aliphatic heterocycles. The summed E-state index contributed by atoms with van der Waals surface area (Å²) in [5.74, 6) is 0.862. The van der Waals surface area contributed by atoms with Crippen molar-refractivity contribution in [1.82, 2.24) is 4.90 Å². The molecular weight excluding hydrogens is 294 g/mol. The van der Waals surface area contributed by atoms with Crippen molar-refractivity contribution in [2.45, 2.75) is 51.7 Å². The zero-order chi connectivity index (χ0) is 17.0. The third kappa shape index (κ3) is 4.86. The average Bonchev–Trinajstić information content (AvgIpc) is 2.47. The summed E-state index contributed by atoms with van der Waals surface area (Å²) in [7, 11) is 0. The Kier molecular flexibility index (Phi) is 5.52. The number of ether oxygens (including phenoxy) is 2. The molecule has 23 heavy (non-hydrogen) atoms. The van der Waals surface area contributed by atoms with Gasteiger partial charge in [-0.25, -0.2) is 4.79 Å². The zero-order valence-corrected chi connectivity index (χ0v) is 14.4. The first-order valence-corrected chi connectivity index (χ1v) is 8.19. The van der Waals surface area contributed by atoms with Crippen LogP contribution >= 0.6 is 0 Å². The fraction of sp³-hybridized carbons (Fsp3) is 0.611. The summed E-state index contributed by atoms with van der Waals surface area (Å²) in [6.07, 6.45) is -0.232. The van der Waals surface area contributed by atoms with E-state index in [1.165, 1.54) is 0 Å². The normalized spacial score (nSPS) is 21.9. The van der Waals surface area contributed by atoms with Crippen LogP contribution in [0.4, 0.5) is 4.79 Å². The minimum absolute atomic E-state index is 0.0318. The molecule has 128 valence electrons. The zero-order valence-electron chi connectivity index (χ0n) is 14.4. The summed E-state index contributed by atoms with van der Waals surface area (Å²) in [6.45, 7) is 8.99. The van der Waals surface area contributed by atoms with Crippen molar-refractivity contribution in [3.05, 3.63) is 29.8 Å². The van der Waals surface area contributed by atoms with Crippen LogP contribution in [0.25, 0.3) is 0 Å². The molecule has 1 aromatic rings. The highest BCUT2D eigenvalue weighted by molar-refractivity contribution is 5.68. The van der Waals surface area contributed by atoms with Gasteiger partial charge in [-0.2, -0.15) is 0 Å². The number of carbonyl (C=O) groups is 1. The average molecular weight is 321 g/mol. The molecule has 2 rings (SSSR count). The monoisotopic (exact) mass is 321 g/mol. The lowest BCUT2D eigenvalue weighted by molar-refractivity contribution is -0.00152. The van der Waals surface area contributed by atoms with Gasteiger partial charge in [0.25, 0.3) is 0 Å². The first-order chi connectivity index (χ1) is 10.8. The van der Waals surface area contributed by atoms with Crippen molar-refractivity contribution in [2.75, 3.05) is 19.7 Å². The van der Waals surface area contributed by atoms with E-state index in [1.807, 2.05) is 52.0 Å². The van der Waals surface area contributed by atoms with E-state index in [0.717, 1.165) is 11.3 Å². The van der Waals surface area contributed by atoms with Crippen LogP contribution in [-0.2, 0) is 4.74 Å². The van der Waals surface area contributed by atoms with E-state index in [2.05, 4.69) is 0 Å². The number of amides is 1. The molecule has 5 nitrogen and oxygen atoms in total. The van der Waals surface area contributed by atoms with Crippen LogP contribution in [0.5, 0.6) is 5.75 Å². The molecular formula is C18H27NO4. The summed E-state index contributed by atoms with van der Waals surface area (Å²) in [6, 6.07) is 7.82. The number of aliphatic hydroxyl groups is 1. The molecule has 1 aliphatic rings. The second kappa shape index (κ2) is 7.21. The SMILES string of the molecule is CCOc1ccc([C@H]2CCN(C(=O)OC(C)(C)C)C[C@H]2O)cc1. The van der Waals surface area contributed by atoms with Crippen LogP contribution in [0.15, 0.2) is 24.3 Å². The first kappa shape index (κ1) is 17.6. The van der Waals surface area contributed by atoms with Gasteiger partial charge in [0.15, 0.2) is 0 Å². The Morgan fingerprint density at radius 3 is 2.48 bits per heavy atom. The lowest BCUT2D eigenvalue weighted by Crippen LogP contribution is -2.47. The third-order valence-electron chi connectivity index (χ3n) is 3.85. The fourth-order valence-corrected chi connectivity index (χ4v) is 2.79. The Morgan fingerprint density at radius 1 is 1.30 bits per heavy atom. The Balaban J connectivity index is 1.97. The van der Waals surface area contributed by atoms with E-state index in [9.17, 15) is 9.90 Å². The molecule has 5 heteroatoms. The van der Waals surface area contributed by atoms with Crippen LogP contribution in [0.2, 0.25) is 0 Å². The van der Waals surface area contributed by atoms with Crippen molar-refractivity contribution in [1.29, 1.82) is 0 Å². The number of piperidine rings is 1. The number of hydrogen-bond donors (Lipinski definition) is 1. The molecule has 1 fully saturated rings. The van der Waals surface area contributed by atoms with Crippen LogP contribution in [0.3, 0.4) is 0 Å². The van der Waals surface area contributed by atoms with E-state index in [4.69, 9.17) is 9.47 Å². The van der Waals surface area contributed by atoms with Gasteiger partial charge in [-0.05, 0) is 51.8 Å². The number of benzene rings is 1. The van der Waals surface area contributed by atoms with Crippen molar-refractivity contribution < 1.29 is 19.4 Å². The minimum Gasteiger partial charge on any atom is -0.494 e. The second-order valence-corrected chi connectivity index (χ2v) is 6.89. The molecule has 0 saturated carbocycles. The molecule has 2 atom stereocenters. The van der Waals surface area contributed by atoms with Gasteiger partial charge in [0.1, 0.15) is 11.4 Å². The topological polar surface area (TPSA) is 59.0 Å². The van der Waals surface area contributed by atoms with Gasteiger partial charge in [0.2, 0.25) is 0 Å². The maximum atomic E-state index is 12.1. The molecule has 1 N–H and O–H groups in total. The summed E-state index contributed by atoms with van der Waals surface area (Å²) >= 11 is 0. The van der Waals surface area contributed by atoms with Gasteiger partial charge in [0, 0.05) is 12.5 Å². The Hall–Kier alpha value is -1.75. The maximum Gasteiger partial charge on any atom is 0.410 e. The van der Waals surface area contributed by atoms with E-state index >= 15 is 0 Å². The van der Waals surface area contributed by atoms with Gasteiger partial charge in [-0.1, -0.05) is 12.1 Å². The van der Waals surface area contributed by atoms with Crippen LogP contribution in [0.1, 0.15) is 45.6 Å². The number of likely N-dealkylation sites (tertiary alicyclic amines) is 1. The Morgan fingerprint density at radius 2 is 1.96 bits per heavy atom. The highest BCUT2D eigenvalue weighted by atomic mass is 16.6. The summed E-state index contributed by atoms with van der Waals surface area (Å²) in [4.78, 5) is 13.7. The standard InChI is InChI=1S/C18H27NO4/c1-5-22-14-8-6-13(7-9-14)15-10-11-19(12-16(15)20)17(21)23-18(2,3)4/h6-9,15-16,20H,5,10-12H2,1-4H3/t15-,16-/m1/s1. The highest BCUT2D eigenvalue weighted by Crippen LogP contribution is 2.30. The number of β-amino-alcohol motifs (C(OH)–C–C–N with tert-alkyl or cyclic N) is 1. The summed E-state index contributed by atoms with van der Waals surface area (Å²) in [5.41, 5.74) is 0.554. The van der Waals surface area contributed by atoms with Gasteiger partial charge >= 0.3 is 6.09 Å². The quantitative estimate of drug-likeness (QED) is 0.929. The molecule has 1 heterocycles. The number of aliphatic hydroxyl groups excluding tert-OH is 1. The molecule has 0 bridgehead atoms. The molecule has 1 saturated heterocycles. The van der Waals surface area contributed by atoms with Crippen molar-refractivity contribution in [3.63, 3.8) is 0 Å².